The first-order valence-corrected chi connectivity index (χ1v) is 20.2. The molecule has 4 fully saturated rings. The van der Waals surface area contributed by atoms with Crippen molar-refractivity contribution in [3.63, 3.8) is 0 Å². The molecule has 4 aromatic rings. The van der Waals surface area contributed by atoms with Crippen molar-refractivity contribution in [1.29, 1.82) is 0 Å². The molecule has 292 valence electrons. The van der Waals surface area contributed by atoms with Crippen LogP contribution < -0.4 is 15.1 Å². The SMILES string of the molecule is CCC(=C(c1ccc(O)cc1)c1ccc(N2CCC(CN3CC4CC3CN4c3ccc4c(c3)C(=O)N(C3CCC(=O)NC3=O)C4=O)CC2)cc1)c1ccc(O)cc1. The predicted octanol–water partition coefficient (Wildman–Crippen LogP) is 6.05. The van der Waals surface area contributed by atoms with Crippen LogP contribution >= 0.6 is 0 Å². The molecule has 0 aliphatic carbocycles. The van der Waals surface area contributed by atoms with Crippen LogP contribution in [0.25, 0.3) is 11.1 Å². The molecular formula is C46H47N5O6. The number of likely N-dealkylation sites (tertiary alicyclic amines) is 1. The number of imide groups is 2. The number of hydrogen-bond donors (Lipinski definition) is 3. The van der Waals surface area contributed by atoms with Gasteiger partial charge in [-0.15, -0.1) is 0 Å². The van der Waals surface area contributed by atoms with Crippen molar-refractivity contribution in [2.45, 2.75) is 63.6 Å². The number of benzene rings is 4. The number of phenolic OH excluding ortho intramolecular Hbond substituents is 2. The summed E-state index contributed by atoms with van der Waals surface area (Å²) in [5.41, 5.74) is 8.28. The molecule has 3 atom stereocenters. The third-order valence-electron chi connectivity index (χ3n) is 12.8. The standard InChI is InChI=1S/C46H47N5O6/c1-2-38(29-5-12-36(52)13-6-29)43(31-7-14-37(53)15-8-31)30-3-9-32(10-4-30)48-21-19-28(20-22-48)25-49-26-35-23-34(49)27-50(35)33-11-16-39-40(24-33)46(57)51(45(39)56)41-17-18-42(54)47-44(41)55/h3-16,24,28,34-35,41,52-53H,2,17-23,25-27H2,1H3,(H,47,54,55). The highest BCUT2D eigenvalue weighted by molar-refractivity contribution is 6.23. The largest absolute Gasteiger partial charge is 0.508 e. The van der Waals surface area contributed by atoms with Crippen molar-refractivity contribution in [2.75, 3.05) is 42.5 Å². The molecule has 0 radical (unpaired) electrons. The smallest absolute Gasteiger partial charge is 0.262 e. The topological polar surface area (TPSA) is 134 Å². The molecule has 4 aromatic carbocycles. The third kappa shape index (κ3) is 6.84. The van der Waals surface area contributed by atoms with Crippen molar-refractivity contribution >= 4 is 46.1 Å². The molecule has 11 heteroatoms. The highest BCUT2D eigenvalue weighted by atomic mass is 16.3. The van der Waals surface area contributed by atoms with Crippen LogP contribution in [0.15, 0.2) is 91.0 Å². The Hall–Kier alpha value is -5.94. The Kier molecular flexibility index (Phi) is 9.56. The molecule has 5 aliphatic rings. The van der Waals surface area contributed by atoms with Gasteiger partial charge < -0.3 is 20.0 Å². The minimum Gasteiger partial charge on any atom is -0.508 e. The number of nitrogens with one attached hydrogen (secondary N) is 1. The zero-order chi connectivity index (χ0) is 39.4. The van der Waals surface area contributed by atoms with E-state index in [2.05, 4.69) is 51.2 Å². The van der Waals surface area contributed by atoms with E-state index in [1.165, 1.54) is 11.3 Å². The first-order valence-electron chi connectivity index (χ1n) is 20.2. The van der Waals surface area contributed by atoms with Crippen LogP contribution in [0.3, 0.4) is 0 Å². The number of hydrogen-bond acceptors (Lipinski definition) is 9. The van der Waals surface area contributed by atoms with E-state index in [0.717, 1.165) is 91.3 Å². The Morgan fingerprint density at radius 1 is 0.702 bits per heavy atom. The van der Waals surface area contributed by atoms with Gasteiger partial charge in [0.15, 0.2) is 0 Å². The minimum absolute atomic E-state index is 0.0995. The van der Waals surface area contributed by atoms with Crippen molar-refractivity contribution in [3.8, 4) is 11.5 Å². The number of allylic oxidation sites excluding steroid dienone is 1. The van der Waals surface area contributed by atoms with Gasteiger partial charge in [-0.3, -0.25) is 34.3 Å². The summed E-state index contributed by atoms with van der Waals surface area (Å²) in [4.78, 5) is 59.4. The predicted molar refractivity (Wildman–Crippen MR) is 218 cm³/mol. The van der Waals surface area contributed by atoms with Gasteiger partial charge in [0.1, 0.15) is 17.5 Å². The maximum atomic E-state index is 13.4. The van der Waals surface area contributed by atoms with Gasteiger partial charge in [-0.05, 0) is 120 Å². The number of nitrogens with zero attached hydrogens (tertiary/aromatic N) is 4. The van der Waals surface area contributed by atoms with Gasteiger partial charge in [-0.25, -0.2) is 0 Å². The average Bonchev–Trinajstić information content (AvgIpc) is 3.89. The maximum absolute atomic E-state index is 13.4. The number of fused-ring (bicyclic) bond motifs is 3. The number of aromatic hydroxyl groups is 2. The highest BCUT2D eigenvalue weighted by Crippen LogP contribution is 2.40. The van der Waals surface area contributed by atoms with Crippen LogP contribution in [0.5, 0.6) is 11.5 Å². The molecule has 11 nitrogen and oxygen atoms in total. The first-order chi connectivity index (χ1) is 27.6. The molecule has 2 bridgehead atoms. The van der Waals surface area contributed by atoms with Crippen LogP contribution in [0.1, 0.15) is 82.9 Å². The summed E-state index contributed by atoms with van der Waals surface area (Å²) in [6, 6.07) is 28.9. The quantitative estimate of drug-likeness (QED) is 0.138. The summed E-state index contributed by atoms with van der Waals surface area (Å²) in [5.74, 6) is -0.829. The molecule has 0 spiro atoms. The molecule has 4 saturated heterocycles. The van der Waals surface area contributed by atoms with Gasteiger partial charge in [0, 0.05) is 62.6 Å². The Balaban J connectivity index is 0.819. The van der Waals surface area contributed by atoms with E-state index in [1.807, 2.05) is 36.4 Å². The molecule has 57 heavy (non-hydrogen) atoms. The number of rotatable bonds is 9. The number of amides is 4. The molecular weight excluding hydrogens is 719 g/mol. The Morgan fingerprint density at radius 2 is 1.32 bits per heavy atom. The number of carbonyl (C=O) groups excluding carboxylic acids is 4. The van der Waals surface area contributed by atoms with Crippen molar-refractivity contribution in [3.05, 3.63) is 119 Å². The fourth-order valence-corrected chi connectivity index (χ4v) is 9.80. The molecule has 0 saturated carbocycles. The Morgan fingerprint density at radius 3 is 1.93 bits per heavy atom. The number of piperidine rings is 2. The van der Waals surface area contributed by atoms with Crippen molar-refractivity contribution < 1.29 is 29.4 Å². The highest BCUT2D eigenvalue weighted by Gasteiger charge is 2.47. The van der Waals surface area contributed by atoms with E-state index < -0.39 is 23.8 Å². The lowest BCUT2D eigenvalue weighted by molar-refractivity contribution is -0.136. The third-order valence-corrected chi connectivity index (χ3v) is 12.8. The Labute approximate surface area is 332 Å². The molecule has 3 unspecified atom stereocenters. The fraction of sp³-hybridized carbons (Fsp3) is 0.348. The van der Waals surface area contributed by atoms with Gasteiger partial charge in [0.25, 0.3) is 11.8 Å². The van der Waals surface area contributed by atoms with E-state index in [4.69, 9.17) is 0 Å². The summed E-state index contributed by atoms with van der Waals surface area (Å²) < 4.78 is 0. The summed E-state index contributed by atoms with van der Waals surface area (Å²) in [6.45, 7) is 7.08. The van der Waals surface area contributed by atoms with Gasteiger partial charge >= 0.3 is 0 Å². The normalized spacial score (nSPS) is 23.0. The van der Waals surface area contributed by atoms with Gasteiger partial charge in [0.05, 0.1) is 11.1 Å². The second kappa shape index (κ2) is 14.9. The number of piperazine rings is 1. The van der Waals surface area contributed by atoms with Crippen LogP contribution in [0.4, 0.5) is 11.4 Å². The molecule has 5 heterocycles. The zero-order valence-corrected chi connectivity index (χ0v) is 32.1. The van der Waals surface area contributed by atoms with Crippen molar-refractivity contribution in [2.24, 2.45) is 5.92 Å². The average molecular weight is 766 g/mol. The number of anilines is 2. The molecule has 4 amide bonds. The van der Waals surface area contributed by atoms with Crippen molar-refractivity contribution in [1.82, 2.24) is 15.1 Å². The van der Waals surface area contributed by atoms with E-state index in [0.29, 0.717) is 29.1 Å². The summed E-state index contributed by atoms with van der Waals surface area (Å²) in [7, 11) is 0. The van der Waals surface area contributed by atoms with Crippen LogP contribution in [-0.2, 0) is 9.59 Å². The fourth-order valence-electron chi connectivity index (χ4n) is 9.80. The minimum atomic E-state index is -0.965. The second-order valence-corrected chi connectivity index (χ2v) is 16.1. The lowest BCUT2D eigenvalue weighted by atomic mass is 9.88. The lowest BCUT2D eigenvalue weighted by Crippen LogP contribution is -2.54. The molecule has 3 N–H and O–H groups in total. The molecule has 5 aliphatic heterocycles. The van der Waals surface area contributed by atoms with Gasteiger partial charge in [-0.2, -0.15) is 0 Å². The van der Waals surface area contributed by atoms with Crippen LogP contribution in [0.2, 0.25) is 0 Å². The number of carbonyl (C=O) groups is 4. The lowest BCUT2D eigenvalue weighted by Gasteiger charge is -2.40. The van der Waals surface area contributed by atoms with E-state index in [9.17, 15) is 29.4 Å². The monoisotopic (exact) mass is 765 g/mol. The second-order valence-electron chi connectivity index (χ2n) is 16.1. The summed E-state index contributed by atoms with van der Waals surface area (Å²) in [6.07, 6.45) is 4.38. The van der Waals surface area contributed by atoms with E-state index in [-0.39, 0.29) is 30.2 Å². The van der Waals surface area contributed by atoms with Crippen LogP contribution in [-0.4, -0.2) is 94.5 Å². The van der Waals surface area contributed by atoms with Gasteiger partial charge in [0.2, 0.25) is 11.8 Å². The summed E-state index contributed by atoms with van der Waals surface area (Å²) in [5, 5.41) is 22.2. The van der Waals surface area contributed by atoms with Crippen LogP contribution in [0, 0.1) is 5.92 Å². The Bertz CT molecular complexity index is 2260. The zero-order valence-electron chi connectivity index (χ0n) is 32.1. The molecule has 9 rings (SSSR count). The van der Waals surface area contributed by atoms with E-state index >= 15 is 0 Å². The van der Waals surface area contributed by atoms with E-state index in [1.54, 1.807) is 30.3 Å². The van der Waals surface area contributed by atoms with Gasteiger partial charge in [-0.1, -0.05) is 43.3 Å². The first kappa shape index (κ1) is 36.7. The number of phenols is 2. The molecule has 0 aromatic heterocycles. The summed E-state index contributed by atoms with van der Waals surface area (Å²) >= 11 is 0. The maximum Gasteiger partial charge on any atom is 0.262 e.